The summed E-state index contributed by atoms with van der Waals surface area (Å²) < 4.78 is 10.1. The van der Waals surface area contributed by atoms with Gasteiger partial charge in [0.25, 0.3) is 5.91 Å². The average molecular weight is 322 g/mol. The summed E-state index contributed by atoms with van der Waals surface area (Å²) >= 11 is 0. The third-order valence-corrected chi connectivity index (χ3v) is 3.81. The number of hydrogen-bond acceptors (Lipinski definition) is 5. The molecule has 2 N–H and O–H groups in total. The van der Waals surface area contributed by atoms with Gasteiger partial charge in [-0.25, -0.2) is 4.79 Å². The van der Waals surface area contributed by atoms with E-state index in [0.29, 0.717) is 6.61 Å². The molecule has 126 valence electrons. The van der Waals surface area contributed by atoms with Crippen LogP contribution in [0, 0.1) is 0 Å². The molecule has 1 saturated heterocycles. The van der Waals surface area contributed by atoms with Gasteiger partial charge in [-0.3, -0.25) is 10.1 Å². The quantitative estimate of drug-likeness (QED) is 0.777. The fourth-order valence-electron chi connectivity index (χ4n) is 2.67. The first-order chi connectivity index (χ1) is 11.1. The summed E-state index contributed by atoms with van der Waals surface area (Å²) in [5, 5.41) is 2.19. The minimum absolute atomic E-state index is 0.274. The van der Waals surface area contributed by atoms with Gasteiger partial charge in [-0.15, -0.1) is 0 Å². The molecule has 1 heterocycles. The van der Waals surface area contributed by atoms with Crippen molar-refractivity contribution in [3.05, 3.63) is 24.3 Å². The molecule has 0 bridgehead atoms. The van der Waals surface area contributed by atoms with Crippen LogP contribution in [-0.4, -0.2) is 58.4 Å². The van der Waals surface area contributed by atoms with Crippen LogP contribution in [0.5, 0.6) is 5.75 Å². The number of imide groups is 1. The van der Waals surface area contributed by atoms with E-state index in [1.54, 1.807) is 0 Å². The van der Waals surface area contributed by atoms with E-state index in [1.165, 1.54) is 7.11 Å². The van der Waals surface area contributed by atoms with E-state index < -0.39 is 6.09 Å². The molecule has 23 heavy (non-hydrogen) atoms. The molecule has 0 saturated carbocycles. The van der Waals surface area contributed by atoms with Crippen molar-refractivity contribution in [1.82, 2.24) is 5.32 Å². The van der Waals surface area contributed by atoms with Crippen LogP contribution in [0.25, 0.3) is 0 Å². The van der Waals surface area contributed by atoms with Crippen molar-refractivity contribution in [1.29, 1.82) is 0 Å². The number of carbonyl (C=O) groups excluding carboxylic acids is 2. The first-order valence-electron chi connectivity index (χ1n) is 7.82. The van der Waals surface area contributed by atoms with Crippen molar-refractivity contribution in [2.24, 2.45) is 0 Å². The number of benzene rings is 1. The number of alkyl carbamates (subject to hydrolysis) is 1. The van der Waals surface area contributed by atoms with Crippen molar-refractivity contribution in [2.75, 3.05) is 51.3 Å². The number of nitrogens with one attached hydrogen (secondary N) is 2. The highest BCUT2D eigenvalue weighted by molar-refractivity contribution is 5.92. The topological polar surface area (TPSA) is 72.3 Å². The monoisotopic (exact) mass is 322 g/mol. The third-order valence-electron chi connectivity index (χ3n) is 3.81. The van der Waals surface area contributed by atoms with Gasteiger partial charge < -0.3 is 19.3 Å². The van der Waals surface area contributed by atoms with Crippen molar-refractivity contribution in [2.45, 2.75) is 6.92 Å². The highest BCUT2D eigenvalue weighted by atomic mass is 16.5. The standard InChI is InChI=1S/C16H23N3O4/c1-3-23-14-7-5-4-6-13(14)19-10-8-18(9-11-19)12-15(20)17-16(21)22-2/h4-7H,3,8-12H2,1-2H3,(H,17,20,21)/p+1. The normalized spacial score (nSPS) is 15.1. The number of rotatable bonds is 5. The Balaban J connectivity index is 1.86. The molecule has 1 aromatic carbocycles. The lowest BCUT2D eigenvalue weighted by Crippen LogP contribution is -3.16. The zero-order chi connectivity index (χ0) is 16.7. The fraction of sp³-hybridized carbons (Fsp3) is 0.500. The summed E-state index contributed by atoms with van der Waals surface area (Å²) in [6.07, 6.45) is -0.710. The molecule has 2 amide bonds. The molecule has 0 unspecified atom stereocenters. The zero-order valence-corrected chi connectivity index (χ0v) is 13.6. The molecule has 1 fully saturated rings. The van der Waals surface area contributed by atoms with E-state index in [1.807, 2.05) is 25.1 Å². The number of piperazine rings is 1. The fourth-order valence-corrected chi connectivity index (χ4v) is 2.67. The molecular weight excluding hydrogens is 298 g/mol. The highest BCUT2D eigenvalue weighted by Crippen LogP contribution is 2.27. The van der Waals surface area contributed by atoms with Crippen LogP contribution in [0.4, 0.5) is 10.5 Å². The summed E-state index contributed by atoms with van der Waals surface area (Å²) in [5.74, 6) is 0.580. The zero-order valence-electron chi connectivity index (χ0n) is 13.6. The maximum atomic E-state index is 11.7. The number of methoxy groups -OCH3 is 1. The predicted octanol–water partition coefficient (Wildman–Crippen LogP) is -0.327. The van der Waals surface area contributed by atoms with Crippen LogP contribution in [0.2, 0.25) is 0 Å². The SMILES string of the molecule is CCOc1ccccc1N1CC[NH+](CC(=O)NC(=O)OC)CC1. The first-order valence-corrected chi connectivity index (χ1v) is 7.82. The summed E-state index contributed by atoms with van der Waals surface area (Å²) in [6, 6.07) is 8.00. The van der Waals surface area contributed by atoms with Gasteiger partial charge in [-0.05, 0) is 19.1 Å². The molecule has 1 aromatic rings. The van der Waals surface area contributed by atoms with E-state index in [0.717, 1.165) is 42.5 Å². The molecule has 0 aromatic heterocycles. The van der Waals surface area contributed by atoms with Gasteiger partial charge >= 0.3 is 6.09 Å². The number of anilines is 1. The van der Waals surface area contributed by atoms with E-state index in [2.05, 4.69) is 21.0 Å². The number of amides is 2. The van der Waals surface area contributed by atoms with Crippen LogP contribution >= 0.6 is 0 Å². The minimum Gasteiger partial charge on any atom is -0.492 e. The largest absolute Gasteiger partial charge is 0.492 e. The number of nitrogens with zero attached hydrogens (tertiary/aromatic N) is 1. The van der Waals surface area contributed by atoms with Crippen LogP contribution in [0.1, 0.15) is 6.92 Å². The molecule has 0 spiro atoms. The van der Waals surface area contributed by atoms with Gasteiger partial charge in [0, 0.05) is 0 Å². The van der Waals surface area contributed by atoms with Gasteiger partial charge in [0.15, 0.2) is 6.54 Å². The summed E-state index contributed by atoms with van der Waals surface area (Å²) in [7, 11) is 1.24. The maximum Gasteiger partial charge on any atom is 0.413 e. The van der Waals surface area contributed by atoms with E-state index in [9.17, 15) is 9.59 Å². The second-order valence-electron chi connectivity index (χ2n) is 5.35. The lowest BCUT2D eigenvalue weighted by Gasteiger charge is -2.34. The van der Waals surface area contributed by atoms with E-state index in [-0.39, 0.29) is 12.5 Å². The Morgan fingerprint density at radius 2 is 1.96 bits per heavy atom. The molecule has 1 aliphatic rings. The molecular formula is C16H24N3O4+. The molecule has 2 rings (SSSR count). The third kappa shape index (κ3) is 4.85. The smallest absolute Gasteiger partial charge is 0.413 e. The van der Waals surface area contributed by atoms with Crippen molar-refractivity contribution in [3.8, 4) is 5.75 Å². The van der Waals surface area contributed by atoms with Crippen molar-refractivity contribution < 1.29 is 24.0 Å². The average Bonchev–Trinajstić information content (AvgIpc) is 2.56. The Morgan fingerprint density at radius 1 is 1.26 bits per heavy atom. The summed E-state index contributed by atoms with van der Waals surface area (Å²) in [6.45, 7) is 6.21. The lowest BCUT2D eigenvalue weighted by atomic mass is 10.2. The van der Waals surface area contributed by atoms with Gasteiger partial charge in [0.2, 0.25) is 0 Å². The predicted molar refractivity (Wildman–Crippen MR) is 85.9 cm³/mol. The van der Waals surface area contributed by atoms with Gasteiger partial charge in [0.1, 0.15) is 5.75 Å². The number of hydrogen-bond donors (Lipinski definition) is 2. The number of para-hydroxylation sites is 2. The second kappa shape index (κ2) is 8.38. The molecule has 0 radical (unpaired) electrons. The van der Waals surface area contributed by atoms with Crippen LogP contribution in [-0.2, 0) is 9.53 Å². The number of ether oxygens (including phenoxy) is 2. The van der Waals surface area contributed by atoms with Gasteiger partial charge in [0.05, 0.1) is 45.6 Å². The minimum atomic E-state index is -0.710. The van der Waals surface area contributed by atoms with Crippen LogP contribution in [0.3, 0.4) is 0 Å². The maximum absolute atomic E-state index is 11.7. The van der Waals surface area contributed by atoms with Gasteiger partial charge in [-0.2, -0.15) is 0 Å². The second-order valence-corrected chi connectivity index (χ2v) is 5.35. The van der Waals surface area contributed by atoms with E-state index in [4.69, 9.17) is 4.74 Å². The van der Waals surface area contributed by atoms with Crippen LogP contribution < -0.4 is 19.9 Å². The van der Waals surface area contributed by atoms with Crippen molar-refractivity contribution >= 4 is 17.7 Å². The molecule has 7 nitrogen and oxygen atoms in total. The molecule has 7 heteroatoms. The lowest BCUT2D eigenvalue weighted by molar-refractivity contribution is -0.892. The first kappa shape index (κ1) is 17.1. The Bertz CT molecular complexity index is 542. The summed E-state index contributed by atoms with van der Waals surface area (Å²) in [5.41, 5.74) is 1.09. The van der Waals surface area contributed by atoms with Gasteiger partial charge in [-0.1, -0.05) is 12.1 Å². The Morgan fingerprint density at radius 3 is 2.61 bits per heavy atom. The molecule has 0 atom stereocenters. The molecule has 1 aliphatic heterocycles. The Labute approximate surface area is 136 Å². The number of carbonyl (C=O) groups is 2. The highest BCUT2D eigenvalue weighted by Gasteiger charge is 2.24. The number of quaternary nitrogens is 1. The molecule has 0 aliphatic carbocycles. The van der Waals surface area contributed by atoms with Crippen LogP contribution in [0.15, 0.2) is 24.3 Å². The Hall–Kier alpha value is -2.28. The van der Waals surface area contributed by atoms with E-state index >= 15 is 0 Å². The van der Waals surface area contributed by atoms with Crippen molar-refractivity contribution in [3.63, 3.8) is 0 Å². The summed E-state index contributed by atoms with van der Waals surface area (Å²) in [4.78, 5) is 26.1. The Kier molecular flexibility index (Phi) is 6.22.